The molecule has 21 rings (SSSR count). The molecule has 9 saturated heterocycles. The Balaban J connectivity index is 0.000000130. The molecule has 0 amide bonds. The maximum Gasteiger partial charge on any atom is 0.386 e. The van der Waals surface area contributed by atoms with Crippen molar-refractivity contribution in [3.05, 3.63) is 98.9 Å². The van der Waals surface area contributed by atoms with Crippen LogP contribution in [0, 0.1) is 20.8 Å². The molecule has 9 aliphatic rings. The molecule has 0 aromatic carbocycles. The highest BCUT2D eigenvalue weighted by molar-refractivity contribution is 8.44. The number of aliphatic hydroxyl groups excluding tert-OH is 6. The predicted octanol–water partition coefficient (Wildman–Crippen LogP) is -3.93. The van der Waals surface area contributed by atoms with Crippen molar-refractivity contribution >= 4 is 196 Å². The third kappa shape index (κ3) is 18.9. The number of aryl methyl sites for hydroxylation is 3. The van der Waals surface area contributed by atoms with E-state index in [1.165, 1.54) is 73.4 Å². The number of thiol groups is 1. The van der Waals surface area contributed by atoms with Crippen LogP contribution < -0.4 is 33.9 Å². The van der Waals surface area contributed by atoms with E-state index in [1.54, 1.807) is 20.8 Å². The number of ether oxygens (including phenoxy) is 6. The number of hydrogen-bond donors (Lipinski definition) is 18. The molecule has 73 heteroatoms. The van der Waals surface area contributed by atoms with Crippen LogP contribution in [0.2, 0.25) is 0 Å². The molecule has 30 atom stereocenters. The molecule has 9 aliphatic heterocycles. The molecule has 0 spiro atoms. The lowest BCUT2D eigenvalue weighted by atomic mass is 10.1. The number of nitrogens with zero attached hydrogens (tertiary/aromatic N) is 22. The van der Waals surface area contributed by atoms with Crippen molar-refractivity contribution < 1.29 is 142 Å². The normalized spacial score (nSPS) is 37.7. The standard InChI is InChI=1S/2C21H25N9O11P2S2.C20H24N10O11P2S2/c2*1-7-27-18-11(19(33)28-7)25-6-29(18)21-15-12(31)9(38-21)3-36-42(34,44)40-14-10(4-37-43(35,45)41-15)39-20(13(14)32)30-17-8(2-26-30)16(22)23-5-24-17;1-6-25-17-10(18(33)26-6)24-5-29(17)20-14-11(31)7(38-20)2-36-42(34,44)40-13-8(3-37-43(35,45)41-14)39-19(12(13)32)30-16-9(27-28-30)15(21)22-4-23-16/h2*2,5-6,9-10,12-15,20-21,31-32H,3-4H2,1H3,(H,34,44)(H,35,45)(H2,22,23,24)(H,27,28,33);4-5,7-8,11-14,19-20,31-32H,2-3H2,1H3,(H,34,44)(H,35,45)(H2,21,22,23)(H,25,26,33)/t2*9-,10-,12?,13?,14+,15+,20-,21-,42?,43?;7-,8-,11?,12?,13+,14+,19-,20-,42?,43?/m111/s1. The summed E-state index contributed by atoms with van der Waals surface area (Å²) in [6, 6.07) is 0. The monoisotopic (exact) mass is 2120 g/mol. The SMILES string of the molecule is Cc1nc2c(ncn2[C@@H]2O[C@@H]3COP(O)(=S)O[C@@H]4C(O)[C@H](n5ncc6c(N)ncnc65)O[C@@H]4COP(=O)(S)O[C@H]2C3O)c(=O)[nH]1.Cc1nc2c(ncn2[C@@H]2O[C@@H]3COP(O)(=S)O[C@@H]4C(O)[C@H](n5ncc6c(N)ncnc65)O[C@@H]4COP(O)(=S)O[C@H]2C3O)c(=O)[nH]1.Cc1nc2c(ncn2[C@@H]2O[C@@H]3COP(O)(=S)O[C@@H]4C(O)[C@H](n5nnc6c(N)ncnc65)O[C@@H]4COP(O)(=S)O[C@H]2C3O)c(=O)[nH]1. The fourth-order valence-electron chi connectivity index (χ4n) is 16.0. The third-order valence-corrected chi connectivity index (χ3v) is 31.6. The van der Waals surface area contributed by atoms with Crippen LogP contribution in [-0.2, 0) is 146 Å². The lowest BCUT2D eigenvalue weighted by Crippen LogP contribution is -2.36. The summed E-state index contributed by atoms with van der Waals surface area (Å²) >= 11 is 30.3. The third-order valence-electron chi connectivity index (χ3n) is 22.1. The molecule has 0 aliphatic carbocycles. The van der Waals surface area contributed by atoms with Crippen molar-refractivity contribution in [1.29, 1.82) is 0 Å². The first-order chi connectivity index (χ1) is 63.9. The van der Waals surface area contributed by atoms with Crippen LogP contribution in [0.5, 0.6) is 0 Å². The van der Waals surface area contributed by atoms with E-state index in [2.05, 4.69) is 108 Å². The first-order valence-corrected chi connectivity index (χ1v) is 55.0. The second kappa shape index (κ2) is 37.0. The van der Waals surface area contributed by atoms with Crippen molar-refractivity contribution in [2.24, 2.45) is 0 Å². The minimum atomic E-state index is -4.35. The summed E-state index contributed by atoms with van der Waals surface area (Å²) in [5, 5.41) is 84.4. The fraction of sp³-hybridized carbons (Fsp3) is 0.532. The zero-order valence-corrected chi connectivity index (χ0v) is 78.7. The Morgan fingerprint density at radius 3 is 1.02 bits per heavy atom. The number of aliphatic hydroxyl groups is 6. The number of anilines is 3. The quantitative estimate of drug-likeness (QED) is 0.0558. The Morgan fingerprint density at radius 1 is 0.370 bits per heavy atom. The number of aromatic amines is 3. The van der Waals surface area contributed by atoms with Gasteiger partial charge in [0, 0.05) is 0 Å². The summed E-state index contributed by atoms with van der Waals surface area (Å²) in [6.07, 6.45) is -22.4. The molecule has 6 bridgehead atoms. The van der Waals surface area contributed by atoms with Gasteiger partial charge in [-0.05, 0) is 79.8 Å². The van der Waals surface area contributed by atoms with Crippen molar-refractivity contribution in [1.82, 2.24) is 123 Å². The number of rotatable bonds is 6. The van der Waals surface area contributed by atoms with Gasteiger partial charge in [-0.15, -0.1) is 5.10 Å². The summed E-state index contributed by atoms with van der Waals surface area (Å²) in [5.74, 6) is 1.18. The van der Waals surface area contributed by atoms with Crippen LogP contribution in [-0.4, -0.2) is 328 Å². The Labute approximate surface area is 780 Å². The van der Waals surface area contributed by atoms with Gasteiger partial charge in [-0.3, -0.25) is 59.8 Å². The highest BCUT2D eigenvalue weighted by Gasteiger charge is 2.58. The molecular formula is C62H74N28O33P6S6. The van der Waals surface area contributed by atoms with Gasteiger partial charge in [0.2, 0.25) is 0 Å². The van der Waals surface area contributed by atoms with Crippen molar-refractivity contribution in [2.45, 2.75) is 168 Å². The lowest BCUT2D eigenvalue weighted by Gasteiger charge is -2.28. The fourth-order valence-corrected chi connectivity index (χ4v) is 24.6. The molecule has 135 heavy (non-hydrogen) atoms. The van der Waals surface area contributed by atoms with E-state index in [4.69, 9.17) is 159 Å². The van der Waals surface area contributed by atoms with Gasteiger partial charge in [0.05, 0.1) is 81.8 Å². The molecule has 12 unspecified atom stereocenters. The smallest absolute Gasteiger partial charge is 0.386 e. The molecule has 12 aromatic heterocycles. The van der Waals surface area contributed by atoms with Crippen LogP contribution in [0.3, 0.4) is 0 Å². The average molecular weight is 2120 g/mol. The molecule has 9 fully saturated rings. The van der Waals surface area contributed by atoms with E-state index in [9.17, 15) is 74.1 Å². The molecule has 726 valence electrons. The average Bonchev–Trinajstić information content (AvgIpc) is 1.63. The van der Waals surface area contributed by atoms with Gasteiger partial charge >= 0.3 is 40.4 Å². The van der Waals surface area contributed by atoms with Crippen LogP contribution in [0.1, 0.15) is 54.8 Å². The van der Waals surface area contributed by atoms with Crippen LogP contribution in [0.4, 0.5) is 17.5 Å². The maximum absolute atomic E-state index is 13.6. The van der Waals surface area contributed by atoms with Crippen molar-refractivity contribution in [3.63, 3.8) is 0 Å². The molecular weight excluding hydrogens is 2040 g/mol. The first kappa shape index (κ1) is 96.6. The summed E-state index contributed by atoms with van der Waals surface area (Å²) in [5.41, 5.74) is 17.1. The Bertz CT molecular complexity index is 6480. The van der Waals surface area contributed by atoms with Crippen molar-refractivity contribution in [2.75, 3.05) is 56.8 Å². The summed E-state index contributed by atoms with van der Waals surface area (Å²) in [6.45, 7) is -23.8. The van der Waals surface area contributed by atoms with Gasteiger partial charge in [0.15, 0.2) is 99.1 Å². The van der Waals surface area contributed by atoms with Crippen LogP contribution in [0.25, 0.3) is 66.7 Å². The topological polar surface area (TPSA) is 818 Å². The van der Waals surface area contributed by atoms with E-state index in [-0.39, 0.29) is 90.9 Å². The number of H-pyrrole nitrogens is 3. The van der Waals surface area contributed by atoms with E-state index >= 15 is 0 Å². The van der Waals surface area contributed by atoms with Crippen molar-refractivity contribution in [3.8, 4) is 0 Å². The van der Waals surface area contributed by atoms with Gasteiger partial charge in [-0.2, -0.15) is 14.9 Å². The number of aromatic nitrogens is 25. The Kier molecular flexibility index (Phi) is 26.4. The maximum atomic E-state index is 13.6. The molecule has 21 heterocycles. The van der Waals surface area contributed by atoms with E-state index in [0.29, 0.717) is 10.8 Å². The molecule has 61 nitrogen and oxygen atoms in total. The zero-order valence-electron chi connectivity index (χ0n) is 68.4. The minimum Gasteiger partial charge on any atom is -0.387 e. The molecule has 20 N–H and O–H groups in total. The number of fused-ring (bicyclic) bond motifs is 15. The number of nitrogens with two attached hydrogens (primary N) is 3. The number of hydrogen-bond acceptors (Lipinski definition) is 52. The highest BCUT2D eigenvalue weighted by atomic mass is 32.7. The van der Waals surface area contributed by atoms with Gasteiger partial charge in [0.25, 0.3) is 16.7 Å². The highest BCUT2D eigenvalue weighted by Crippen LogP contribution is 2.61. The first-order valence-electron chi connectivity index (χ1n) is 39.4. The summed E-state index contributed by atoms with van der Waals surface area (Å²) < 4.78 is 125. The Morgan fingerprint density at radius 2 is 0.667 bits per heavy atom. The summed E-state index contributed by atoms with van der Waals surface area (Å²) in [4.78, 5) is 149. The minimum absolute atomic E-state index is 0.0119. The van der Waals surface area contributed by atoms with Gasteiger partial charge in [0.1, 0.15) is 158 Å². The molecule has 0 saturated carbocycles. The second-order valence-corrected chi connectivity index (χ2v) is 47.7. The van der Waals surface area contributed by atoms with E-state index in [1.807, 2.05) is 0 Å². The van der Waals surface area contributed by atoms with Crippen LogP contribution >= 0.6 is 52.6 Å². The van der Waals surface area contributed by atoms with E-state index < -0.39 is 244 Å². The van der Waals surface area contributed by atoms with Crippen LogP contribution in [0.15, 0.2) is 64.7 Å². The van der Waals surface area contributed by atoms with Gasteiger partial charge in [-0.1, -0.05) is 17.5 Å². The number of nitrogens with one attached hydrogen (secondary N) is 3. The zero-order chi connectivity index (χ0) is 95.5. The number of imidazole rings is 3. The number of nitrogen functional groups attached to an aromatic ring is 3. The second-order valence-electron chi connectivity index (χ2n) is 30.9. The molecule has 0 radical (unpaired) electrons. The van der Waals surface area contributed by atoms with Gasteiger partial charge < -0.3 is 138 Å². The largest absolute Gasteiger partial charge is 0.387 e. The predicted molar refractivity (Wildman–Crippen MR) is 469 cm³/mol. The Hall–Kier alpha value is -7.30. The van der Waals surface area contributed by atoms with Gasteiger partial charge in [-0.25, -0.2) is 73.7 Å². The lowest BCUT2D eigenvalue weighted by molar-refractivity contribution is -0.0633. The molecule has 12 aromatic rings. The van der Waals surface area contributed by atoms with E-state index in [0.717, 1.165) is 4.68 Å². The summed E-state index contributed by atoms with van der Waals surface area (Å²) in [7, 11) is 0.